The van der Waals surface area contributed by atoms with Crippen molar-refractivity contribution in [2.75, 3.05) is 0 Å². The van der Waals surface area contributed by atoms with Gasteiger partial charge in [-0.25, -0.2) is 4.39 Å². The van der Waals surface area contributed by atoms with Crippen LogP contribution in [0.1, 0.15) is 31.1 Å². The fraction of sp³-hybridized carbons (Fsp3) is 0.455. The van der Waals surface area contributed by atoms with Gasteiger partial charge in [0.2, 0.25) is 0 Å². The van der Waals surface area contributed by atoms with Crippen molar-refractivity contribution in [2.24, 2.45) is 5.92 Å². The molecule has 0 fully saturated rings. The highest BCUT2D eigenvalue weighted by Gasteiger charge is 2.12. The molecule has 0 spiro atoms. The van der Waals surface area contributed by atoms with Crippen molar-refractivity contribution < 1.29 is 4.39 Å². The Morgan fingerprint density at radius 3 is 2.00 bits per heavy atom. The van der Waals surface area contributed by atoms with Crippen LogP contribution in [-0.2, 0) is 0 Å². The molecule has 0 aliphatic carbocycles. The van der Waals surface area contributed by atoms with E-state index in [4.69, 9.17) is 0 Å². The van der Waals surface area contributed by atoms with Crippen LogP contribution in [0.3, 0.4) is 0 Å². The van der Waals surface area contributed by atoms with Gasteiger partial charge in [0.1, 0.15) is 6.17 Å². The summed E-state index contributed by atoms with van der Waals surface area (Å²) >= 11 is 0. The first-order valence-electron chi connectivity index (χ1n) is 4.32. The predicted octanol–water partition coefficient (Wildman–Crippen LogP) is 3.66. The first-order valence-corrected chi connectivity index (χ1v) is 4.32. The minimum absolute atomic E-state index is 0.0627. The van der Waals surface area contributed by atoms with Crippen molar-refractivity contribution in [1.29, 1.82) is 0 Å². The van der Waals surface area contributed by atoms with Crippen LogP contribution in [0, 0.1) is 12.8 Å². The molecule has 1 aromatic carbocycles. The Kier molecular flexibility index (Phi) is 2.85. The van der Waals surface area contributed by atoms with Gasteiger partial charge in [-0.2, -0.15) is 0 Å². The first-order chi connectivity index (χ1) is 5.61. The number of hydrogen-bond donors (Lipinski definition) is 0. The van der Waals surface area contributed by atoms with Gasteiger partial charge in [-0.3, -0.25) is 0 Å². The SMILES string of the molecule is Cc1ccc(C(F)C(C)C)cc1. The molecule has 66 valence electrons. The Morgan fingerprint density at radius 2 is 1.58 bits per heavy atom. The fourth-order valence-corrected chi connectivity index (χ4v) is 1.14. The number of benzene rings is 1. The summed E-state index contributed by atoms with van der Waals surface area (Å²) in [5.74, 6) is 0.0627. The lowest BCUT2D eigenvalue weighted by Crippen LogP contribution is -1.99. The molecule has 1 aromatic rings. The molecule has 12 heavy (non-hydrogen) atoms. The molecule has 0 saturated carbocycles. The quantitative estimate of drug-likeness (QED) is 0.629. The molecule has 0 aliphatic rings. The van der Waals surface area contributed by atoms with Gasteiger partial charge in [0.25, 0.3) is 0 Å². The van der Waals surface area contributed by atoms with E-state index >= 15 is 0 Å². The highest BCUT2D eigenvalue weighted by Crippen LogP contribution is 2.25. The van der Waals surface area contributed by atoms with Gasteiger partial charge in [-0.05, 0) is 18.4 Å². The smallest absolute Gasteiger partial charge is 0.127 e. The van der Waals surface area contributed by atoms with Crippen LogP contribution >= 0.6 is 0 Å². The van der Waals surface area contributed by atoms with E-state index in [0.29, 0.717) is 0 Å². The Labute approximate surface area is 73.4 Å². The van der Waals surface area contributed by atoms with Gasteiger partial charge in [0, 0.05) is 0 Å². The zero-order chi connectivity index (χ0) is 9.14. The Morgan fingerprint density at radius 1 is 1.08 bits per heavy atom. The largest absolute Gasteiger partial charge is 0.242 e. The van der Waals surface area contributed by atoms with E-state index in [9.17, 15) is 4.39 Å². The van der Waals surface area contributed by atoms with E-state index in [1.54, 1.807) is 0 Å². The maximum Gasteiger partial charge on any atom is 0.127 e. The van der Waals surface area contributed by atoms with Gasteiger partial charge >= 0.3 is 0 Å². The number of halogens is 1. The molecule has 0 radical (unpaired) electrons. The summed E-state index contributed by atoms with van der Waals surface area (Å²) in [6, 6.07) is 7.62. The first kappa shape index (κ1) is 9.24. The third kappa shape index (κ3) is 2.07. The van der Waals surface area contributed by atoms with E-state index in [-0.39, 0.29) is 5.92 Å². The van der Waals surface area contributed by atoms with Crippen LogP contribution < -0.4 is 0 Å². The Bertz CT molecular complexity index is 236. The molecule has 0 aromatic heterocycles. The second kappa shape index (κ2) is 3.70. The Hall–Kier alpha value is -0.850. The molecule has 0 bridgehead atoms. The number of alkyl halides is 1. The lowest BCUT2D eigenvalue weighted by atomic mass is 10.00. The molecular weight excluding hydrogens is 151 g/mol. The standard InChI is InChI=1S/C11H15F/c1-8(2)11(12)10-6-4-9(3)5-7-10/h4-8,11H,1-3H3. The summed E-state index contributed by atoms with van der Waals surface area (Å²) in [5, 5.41) is 0. The lowest BCUT2D eigenvalue weighted by molar-refractivity contribution is 0.262. The van der Waals surface area contributed by atoms with Crippen LogP contribution in [0.5, 0.6) is 0 Å². The average molecular weight is 166 g/mol. The number of aryl methyl sites for hydroxylation is 1. The molecule has 1 heteroatoms. The van der Waals surface area contributed by atoms with Crippen LogP contribution in [0.25, 0.3) is 0 Å². The minimum Gasteiger partial charge on any atom is -0.242 e. The third-order valence-corrected chi connectivity index (χ3v) is 1.98. The van der Waals surface area contributed by atoms with Gasteiger partial charge in [0.05, 0.1) is 0 Å². The molecule has 1 atom stereocenters. The minimum atomic E-state index is -0.828. The molecule has 0 heterocycles. The van der Waals surface area contributed by atoms with Gasteiger partial charge in [-0.1, -0.05) is 43.7 Å². The summed E-state index contributed by atoms with van der Waals surface area (Å²) < 4.78 is 13.4. The molecule has 0 nitrogen and oxygen atoms in total. The second-order valence-electron chi connectivity index (χ2n) is 3.56. The zero-order valence-corrected chi connectivity index (χ0v) is 7.84. The zero-order valence-electron chi connectivity index (χ0n) is 7.84. The molecule has 0 amide bonds. The molecular formula is C11H15F. The third-order valence-electron chi connectivity index (χ3n) is 1.98. The summed E-state index contributed by atoms with van der Waals surface area (Å²) in [5.41, 5.74) is 1.96. The van der Waals surface area contributed by atoms with Crippen molar-refractivity contribution in [3.8, 4) is 0 Å². The predicted molar refractivity (Wildman–Crippen MR) is 49.9 cm³/mol. The summed E-state index contributed by atoms with van der Waals surface area (Å²) in [4.78, 5) is 0. The molecule has 0 saturated heterocycles. The lowest BCUT2D eigenvalue weighted by Gasteiger charge is -2.11. The van der Waals surface area contributed by atoms with E-state index < -0.39 is 6.17 Å². The van der Waals surface area contributed by atoms with Gasteiger partial charge in [-0.15, -0.1) is 0 Å². The highest BCUT2D eigenvalue weighted by molar-refractivity contribution is 5.23. The van der Waals surface area contributed by atoms with Gasteiger partial charge in [0.15, 0.2) is 0 Å². The van der Waals surface area contributed by atoms with Crippen molar-refractivity contribution in [1.82, 2.24) is 0 Å². The average Bonchev–Trinajstić information content (AvgIpc) is 2.04. The highest BCUT2D eigenvalue weighted by atomic mass is 19.1. The second-order valence-corrected chi connectivity index (χ2v) is 3.56. The van der Waals surface area contributed by atoms with Crippen molar-refractivity contribution in [2.45, 2.75) is 26.9 Å². The number of rotatable bonds is 2. The van der Waals surface area contributed by atoms with Gasteiger partial charge < -0.3 is 0 Å². The van der Waals surface area contributed by atoms with E-state index in [2.05, 4.69) is 0 Å². The van der Waals surface area contributed by atoms with Crippen LogP contribution in [0.4, 0.5) is 4.39 Å². The number of hydrogen-bond acceptors (Lipinski definition) is 0. The van der Waals surface area contributed by atoms with E-state index in [1.807, 2.05) is 45.0 Å². The van der Waals surface area contributed by atoms with Crippen molar-refractivity contribution in [3.05, 3.63) is 35.4 Å². The molecule has 0 aliphatic heterocycles. The summed E-state index contributed by atoms with van der Waals surface area (Å²) in [6.07, 6.45) is -0.828. The maximum atomic E-state index is 13.4. The summed E-state index contributed by atoms with van der Waals surface area (Å²) in [6.45, 7) is 5.79. The molecule has 0 N–H and O–H groups in total. The monoisotopic (exact) mass is 166 g/mol. The molecule has 1 rings (SSSR count). The van der Waals surface area contributed by atoms with E-state index in [0.717, 1.165) is 5.56 Å². The normalized spacial score (nSPS) is 13.4. The van der Waals surface area contributed by atoms with Crippen LogP contribution in [-0.4, -0.2) is 0 Å². The Balaban J connectivity index is 2.82. The van der Waals surface area contributed by atoms with E-state index in [1.165, 1.54) is 5.56 Å². The topological polar surface area (TPSA) is 0 Å². The maximum absolute atomic E-state index is 13.4. The van der Waals surface area contributed by atoms with Crippen molar-refractivity contribution >= 4 is 0 Å². The van der Waals surface area contributed by atoms with Crippen LogP contribution in [0.15, 0.2) is 24.3 Å². The van der Waals surface area contributed by atoms with Crippen LogP contribution in [0.2, 0.25) is 0 Å². The summed E-state index contributed by atoms with van der Waals surface area (Å²) in [7, 11) is 0. The fourth-order valence-electron chi connectivity index (χ4n) is 1.14. The van der Waals surface area contributed by atoms with Crippen molar-refractivity contribution in [3.63, 3.8) is 0 Å². The molecule has 1 unspecified atom stereocenters.